The summed E-state index contributed by atoms with van der Waals surface area (Å²) in [5.41, 5.74) is 0.949. The van der Waals surface area contributed by atoms with Gasteiger partial charge in [0, 0.05) is 31.6 Å². The fourth-order valence-electron chi connectivity index (χ4n) is 4.93. The van der Waals surface area contributed by atoms with Crippen molar-refractivity contribution < 1.29 is 14.4 Å². The first kappa shape index (κ1) is 23.4. The molecule has 1 aromatic heterocycles. The number of likely N-dealkylation sites (N-methyl/N-ethyl adjacent to an activating group) is 1. The molecule has 1 aromatic carbocycles. The molecule has 3 heterocycles. The van der Waals surface area contributed by atoms with Crippen LogP contribution >= 0.6 is 11.3 Å². The monoisotopic (exact) mass is 468 g/mol. The van der Waals surface area contributed by atoms with E-state index in [2.05, 4.69) is 17.4 Å². The van der Waals surface area contributed by atoms with Crippen LogP contribution in [0.15, 0.2) is 47.2 Å². The summed E-state index contributed by atoms with van der Waals surface area (Å²) in [5.74, 6) is -0.0798. The van der Waals surface area contributed by atoms with E-state index in [1.54, 1.807) is 0 Å². The molecule has 2 fully saturated rings. The number of likely N-dealkylation sites (tertiary alicyclic amines) is 1. The molecule has 4 rings (SSSR count). The highest BCUT2D eigenvalue weighted by molar-refractivity contribution is 7.08. The Labute approximate surface area is 199 Å². The van der Waals surface area contributed by atoms with Gasteiger partial charge in [0.2, 0.25) is 0 Å². The average molecular weight is 469 g/mol. The molecule has 0 spiro atoms. The number of benzene rings is 1. The van der Waals surface area contributed by atoms with Gasteiger partial charge in [-0.1, -0.05) is 30.3 Å². The van der Waals surface area contributed by atoms with E-state index in [1.165, 1.54) is 16.2 Å². The van der Waals surface area contributed by atoms with Crippen molar-refractivity contribution in [1.82, 2.24) is 20.0 Å². The Kier molecular flexibility index (Phi) is 7.14. The van der Waals surface area contributed by atoms with Crippen molar-refractivity contribution in [3.8, 4) is 0 Å². The number of hydrogen-bond acceptors (Lipinski definition) is 5. The molecule has 7 nitrogen and oxygen atoms in total. The molecule has 0 aliphatic carbocycles. The number of rotatable bonds is 8. The van der Waals surface area contributed by atoms with Crippen LogP contribution in [0, 0.1) is 5.92 Å². The van der Waals surface area contributed by atoms with E-state index in [0.717, 1.165) is 11.1 Å². The second-order valence-electron chi connectivity index (χ2n) is 9.23. The van der Waals surface area contributed by atoms with E-state index in [1.807, 2.05) is 58.9 Å². The molecule has 0 unspecified atom stereocenters. The Morgan fingerprint density at radius 1 is 1.15 bits per heavy atom. The van der Waals surface area contributed by atoms with Crippen molar-refractivity contribution in [2.45, 2.75) is 31.2 Å². The maximum atomic E-state index is 13.7. The van der Waals surface area contributed by atoms with Crippen molar-refractivity contribution in [2.75, 3.05) is 40.3 Å². The lowest BCUT2D eigenvalue weighted by Crippen LogP contribution is -2.57. The van der Waals surface area contributed by atoms with Crippen LogP contribution in [0.4, 0.5) is 4.79 Å². The zero-order valence-electron chi connectivity index (χ0n) is 19.3. The first-order valence-corrected chi connectivity index (χ1v) is 12.5. The number of piperidine rings is 1. The fourth-order valence-corrected chi connectivity index (χ4v) is 5.56. The predicted molar refractivity (Wildman–Crippen MR) is 129 cm³/mol. The molecule has 1 N–H and O–H groups in total. The number of hydrogen-bond donors (Lipinski definition) is 1. The maximum absolute atomic E-state index is 13.7. The molecule has 2 aliphatic heterocycles. The Balaban J connectivity index is 1.51. The number of nitrogens with one attached hydrogen (secondary N) is 1. The predicted octanol–water partition coefficient (Wildman–Crippen LogP) is 3.09. The number of nitrogens with zero attached hydrogens (tertiary/aromatic N) is 3. The van der Waals surface area contributed by atoms with Gasteiger partial charge in [-0.3, -0.25) is 14.5 Å². The molecule has 2 aliphatic rings. The summed E-state index contributed by atoms with van der Waals surface area (Å²) in [4.78, 5) is 44.6. The molecule has 2 saturated heterocycles. The van der Waals surface area contributed by atoms with Crippen molar-refractivity contribution in [2.24, 2.45) is 5.92 Å². The van der Waals surface area contributed by atoms with Crippen LogP contribution in [-0.2, 0) is 11.2 Å². The van der Waals surface area contributed by atoms with Gasteiger partial charge in [-0.05, 0) is 62.7 Å². The molecule has 2 aromatic rings. The molecular weight excluding hydrogens is 436 g/mol. The van der Waals surface area contributed by atoms with E-state index < -0.39 is 5.54 Å². The minimum Gasteiger partial charge on any atom is -0.339 e. The summed E-state index contributed by atoms with van der Waals surface area (Å²) >= 11 is 1.52. The molecule has 8 heteroatoms. The van der Waals surface area contributed by atoms with E-state index in [0.29, 0.717) is 51.9 Å². The minimum atomic E-state index is -0.920. The largest absolute Gasteiger partial charge is 0.339 e. The third kappa shape index (κ3) is 4.96. The first-order valence-electron chi connectivity index (χ1n) is 11.5. The highest BCUT2D eigenvalue weighted by Gasteiger charge is 2.55. The molecule has 4 amide bonds. The van der Waals surface area contributed by atoms with Crippen molar-refractivity contribution in [3.63, 3.8) is 0 Å². The normalized spacial score (nSPS) is 21.7. The summed E-state index contributed by atoms with van der Waals surface area (Å²) in [6.07, 6.45) is 2.65. The molecular formula is C25H32N4O3S. The maximum Gasteiger partial charge on any atom is 0.325 e. The van der Waals surface area contributed by atoms with Crippen LogP contribution in [0.25, 0.3) is 0 Å². The number of thiophene rings is 1. The summed E-state index contributed by atoms with van der Waals surface area (Å²) < 4.78 is 0. The van der Waals surface area contributed by atoms with Crippen molar-refractivity contribution >= 4 is 29.2 Å². The third-order valence-electron chi connectivity index (χ3n) is 6.87. The number of aryl methyl sites for hydroxylation is 1. The highest BCUT2D eigenvalue weighted by Crippen LogP contribution is 2.37. The zero-order valence-corrected chi connectivity index (χ0v) is 20.1. The topological polar surface area (TPSA) is 73.0 Å². The van der Waals surface area contributed by atoms with E-state index in [-0.39, 0.29) is 23.8 Å². The Morgan fingerprint density at radius 2 is 1.88 bits per heavy atom. The summed E-state index contributed by atoms with van der Waals surface area (Å²) in [6, 6.07) is 11.6. The van der Waals surface area contributed by atoms with Gasteiger partial charge in [-0.25, -0.2) is 4.79 Å². The standard InChI is InChI=1S/C25H32N4O3S/c1-27(2)15-16-29-23(31)25(26-24(29)32,12-8-19-6-4-3-5-7-19)21-9-13-28(14-10-21)22(30)20-11-17-33-18-20/h3-7,11,17-18,21H,8-10,12-16H2,1-2H3,(H,26,32)/t25-/m1/s1. The fraction of sp³-hybridized carbons (Fsp3) is 0.480. The zero-order chi connectivity index (χ0) is 23.4. The number of carbonyl (C=O) groups excluding carboxylic acids is 3. The van der Waals surface area contributed by atoms with Crippen LogP contribution in [0.5, 0.6) is 0 Å². The molecule has 1 atom stereocenters. The quantitative estimate of drug-likeness (QED) is 0.605. The molecule has 0 bridgehead atoms. The Bertz CT molecular complexity index is 971. The van der Waals surface area contributed by atoms with E-state index >= 15 is 0 Å². The SMILES string of the molecule is CN(C)CCN1C(=O)N[C@](CCc2ccccc2)(C2CCN(C(=O)c3ccsc3)CC2)C1=O. The van der Waals surface area contributed by atoms with Gasteiger partial charge < -0.3 is 15.1 Å². The van der Waals surface area contributed by atoms with Crippen molar-refractivity contribution in [1.29, 1.82) is 0 Å². The van der Waals surface area contributed by atoms with Gasteiger partial charge in [0.05, 0.1) is 5.56 Å². The van der Waals surface area contributed by atoms with Crippen LogP contribution in [0.1, 0.15) is 35.2 Å². The van der Waals surface area contributed by atoms with Crippen LogP contribution < -0.4 is 5.32 Å². The molecule has 0 radical (unpaired) electrons. The number of carbonyl (C=O) groups is 3. The van der Waals surface area contributed by atoms with E-state index in [9.17, 15) is 14.4 Å². The molecule has 176 valence electrons. The minimum absolute atomic E-state index is 0.00598. The van der Waals surface area contributed by atoms with E-state index in [4.69, 9.17) is 0 Å². The lowest BCUT2D eigenvalue weighted by molar-refractivity contribution is -0.134. The van der Waals surface area contributed by atoms with Crippen molar-refractivity contribution in [3.05, 3.63) is 58.3 Å². The average Bonchev–Trinajstić information content (AvgIpc) is 3.44. The van der Waals surface area contributed by atoms with Gasteiger partial charge in [-0.2, -0.15) is 11.3 Å². The van der Waals surface area contributed by atoms with Gasteiger partial charge in [0.1, 0.15) is 5.54 Å². The Morgan fingerprint density at radius 3 is 2.52 bits per heavy atom. The van der Waals surface area contributed by atoms with Crippen LogP contribution in [0.2, 0.25) is 0 Å². The summed E-state index contributed by atoms with van der Waals surface area (Å²) in [6.45, 7) is 2.18. The van der Waals surface area contributed by atoms with Crippen LogP contribution in [-0.4, -0.2) is 78.4 Å². The molecule has 0 saturated carbocycles. The van der Waals surface area contributed by atoms with Gasteiger partial charge in [0.25, 0.3) is 11.8 Å². The molecule has 33 heavy (non-hydrogen) atoms. The second kappa shape index (κ2) is 10.1. The summed E-state index contributed by atoms with van der Waals surface area (Å²) in [7, 11) is 3.86. The highest BCUT2D eigenvalue weighted by atomic mass is 32.1. The van der Waals surface area contributed by atoms with Crippen LogP contribution in [0.3, 0.4) is 0 Å². The third-order valence-corrected chi connectivity index (χ3v) is 7.55. The first-order chi connectivity index (χ1) is 15.9. The lowest BCUT2D eigenvalue weighted by Gasteiger charge is -2.41. The van der Waals surface area contributed by atoms with Gasteiger partial charge >= 0.3 is 6.03 Å². The van der Waals surface area contributed by atoms with Gasteiger partial charge in [-0.15, -0.1) is 0 Å². The Hall–Kier alpha value is -2.71. The second-order valence-corrected chi connectivity index (χ2v) is 10.0. The number of amides is 4. The smallest absolute Gasteiger partial charge is 0.325 e. The summed E-state index contributed by atoms with van der Waals surface area (Å²) in [5, 5.41) is 6.90. The lowest BCUT2D eigenvalue weighted by atomic mass is 9.74. The number of urea groups is 1. The number of imide groups is 1. The van der Waals surface area contributed by atoms with Gasteiger partial charge in [0.15, 0.2) is 0 Å².